The lowest BCUT2D eigenvalue weighted by Gasteiger charge is -2.18. The molecule has 0 saturated carbocycles. The summed E-state index contributed by atoms with van der Waals surface area (Å²) in [5.41, 5.74) is 7.66. The van der Waals surface area contributed by atoms with Crippen molar-refractivity contribution in [3.05, 3.63) is 63.8 Å². The maximum Gasteiger partial charge on any atom is 0.363 e. The Balaban J connectivity index is 1.89. The minimum absolute atomic E-state index is 0.0173. The molecule has 8 heteroatoms. The molecule has 2 aromatic carbocycles. The van der Waals surface area contributed by atoms with Gasteiger partial charge in [-0.3, -0.25) is 4.79 Å². The topological polar surface area (TPSA) is 100 Å². The van der Waals surface area contributed by atoms with Crippen LogP contribution in [0, 0.1) is 0 Å². The van der Waals surface area contributed by atoms with E-state index in [9.17, 15) is 9.59 Å². The second-order valence-electron chi connectivity index (χ2n) is 7.95. The number of carbonyl (C=O) groups is 2. The lowest BCUT2D eigenvalue weighted by molar-refractivity contribution is -0.130. The first kappa shape index (κ1) is 22.4. The third-order valence-corrected chi connectivity index (χ3v) is 4.81. The first-order valence-corrected chi connectivity index (χ1v) is 9.88. The Bertz CT molecular complexity index is 1080. The van der Waals surface area contributed by atoms with Gasteiger partial charge in [0.15, 0.2) is 23.8 Å². The molecule has 0 unspecified atom stereocenters. The second kappa shape index (κ2) is 8.81. The Morgan fingerprint density at radius 1 is 1.23 bits per heavy atom. The maximum absolute atomic E-state index is 12.3. The number of ether oxygens (including phenoxy) is 3. The largest absolute Gasteiger partial charge is 0.493 e. The lowest BCUT2D eigenvalue weighted by Crippen LogP contribution is -2.20. The lowest BCUT2D eigenvalue weighted by atomic mass is 9.87. The number of aliphatic imine (C=N–C) groups is 1. The average molecular weight is 443 g/mol. The molecule has 0 saturated heterocycles. The fourth-order valence-electron chi connectivity index (χ4n) is 2.91. The number of nitrogens with two attached hydrogens (primary N) is 1. The number of carbonyl (C=O) groups excluding carboxylic acids is 2. The molecule has 0 aromatic heterocycles. The van der Waals surface area contributed by atoms with E-state index in [2.05, 4.69) is 25.8 Å². The number of hydrogen-bond donors (Lipinski definition) is 1. The van der Waals surface area contributed by atoms with Crippen molar-refractivity contribution < 1.29 is 23.8 Å². The standard InChI is InChI=1S/C23H23ClN2O5/c1-23(2,3)15-7-5-14(6-8-15)21-26-17(22(28)31-21)10-13-9-16(24)20(18(11-13)29-4)30-12-19(25)27/h5-11H,12H2,1-4H3,(H2,25,27)/b17-10-. The van der Waals surface area contributed by atoms with Crippen molar-refractivity contribution in [3.63, 3.8) is 0 Å². The van der Waals surface area contributed by atoms with E-state index in [1.165, 1.54) is 13.2 Å². The zero-order valence-corrected chi connectivity index (χ0v) is 18.4. The van der Waals surface area contributed by atoms with Crippen molar-refractivity contribution in [1.82, 2.24) is 0 Å². The number of nitrogens with zero attached hydrogens (tertiary/aromatic N) is 1. The summed E-state index contributed by atoms with van der Waals surface area (Å²) < 4.78 is 15.9. The molecule has 2 N–H and O–H groups in total. The molecule has 31 heavy (non-hydrogen) atoms. The van der Waals surface area contributed by atoms with Crippen LogP contribution in [0.15, 0.2) is 47.1 Å². The summed E-state index contributed by atoms with van der Waals surface area (Å²) >= 11 is 6.26. The van der Waals surface area contributed by atoms with Gasteiger partial charge >= 0.3 is 5.97 Å². The summed E-state index contributed by atoms with van der Waals surface area (Å²) in [6, 6.07) is 10.9. The molecular weight excluding hydrogens is 420 g/mol. The van der Waals surface area contributed by atoms with Crippen molar-refractivity contribution in [1.29, 1.82) is 0 Å². The molecule has 0 atom stereocenters. The number of amides is 1. The van der Waals surface area contributed by atoms with Crippen LogP contribution in [0.1, 0.15) is 37.5 Å². The van der Waals surface area contributed by atoms with Crippen molar-refractivity contribution in [3.8, 4) is 11.5 Å². The maximum atomic E-state index is 12.3. The predicted octanol–water partition coefficient (Wildman–Crippen LogP) is 3.85. The third-order valence-electron chi connectivity index (χ3n) is 4.53. The van der Waals surface area contributed by atoms with E-state index in [1.807, 2.05) is 24.3 Å². The van der Waals surface area contributed by atoms with Gasteiger partial charge in [-0.15, -0.1) is 0 Å². The van der Waals surface area contributed by atoms with Crippen molar-refractivity contribution in [2.45, 2.75) is 26.2 Å². The first-order valence-electron chi connectivity index (χ1n) is 9.50. The van der Waals surface area contributed by atoms with Gasteiger partial charge in [0, 0.05) is 5.56 Å². The number of cyclic esters (lactones) is 1. The molecule has 0 fully saturated rings. The quantitative estimate of drug-likeness (QED) is 0.541. The summed E-state index contributed by atoms with van der Waals surface area (Å²) in [6.45, 7) is 6.03. The van der Waals surface area contributed by atoms with Gasteiger partial charge in [0.25, 0.3) is 5.91 Å². The van der Waals surface area contributed by atoms with Gasteiger partial charge in [-0.05, 0) is 46.9 Å². The Hall–Kier alpha value is -3.32. The predicted molar refractivity (Wildman–Crippen MR) is 118 cm³/mol. The van der Waals surface area contributed by atoms with Gasteiger partial charge in [0.2, 0.25) is 5.90 Å². The van der Waals surface area contributed by atoms with Crippen LogP contribution < -0.4 is 15.2 Å². The van der Waals surface area contributed by atoms with Crippen LogP contribution in [0.25, 0.3) is 6.08 Å². The highest BCUT2D eigenvalue weighted by molar-refractivity contribution is 6.32. The van der Waals surface area contributed by atoms with E-state index < -0.39 is 11.9 Å². The van der Waals surface area contributed by atoms with E-state index in [0.29, 0.717) is 11.1 Å². The molecule has 162 valence electrons. The highest BCUT2D eigenvalue weighted by atomic mass is 35.5. The highest BCUT2D eigenvalue weighted by Crippen LogP contribution is 2.37. The van der Waals surface area contributed by atoms with E-state index in [0.717, 1.165) is 5.56 Å². The summed E-state index contributed by atoms with van der Waals surface area (Å²) in [6.07, 6.45) is 1.53. The molecule has 0 aliphatic carbocycles. The average Bonchev–Trinajstić information content (AvgIpc) is 3.06. The molecule has 0 bridgehead atoms. The molecule has 1 heterocycles. The number of methoxy groups -OCH3 is 1. The van der Waals surface area contributed by atoms with Gasteiger partial charge < -0.3 is 19.9 Å². The molecule has 0 radical (unpaired) electrons. The van der Waals surface area contributed by atoms with Crippen molar-refractivity contribution >= 4 is 35.5 Å². The van der Waals surface area contributed by atoms with Crippen LogP contribution in [0.5, 0.6) is 11.5 Å². The van der Waals surface area contributed by atoms with Gasteiger partial charge in [-0.1, -0.05) is 44.5 Å². The summed E-state index contributed by atoms with van der Waals surface area (Å²) in [5, 5.41) is 0.195. The number of primary amides is 1. The summed E-state index contributed by atoms with van der Waals surface area (Å²) in [7, 11) is 1.43. The molecule has 2 aromatic rings. The summed E-state index contributed by atoms with van der Waals surface area (Å²) in [5.74, 6) is -0.512. The van der Waals surface area contributed by atoms with E-state index in [-0.39, 0.29) is 40.1 Å². The van der Waals surface area contributed by atoms with E-state index >= 15 is 0 Å². The van der Waals surface area contributed by atoms with Gasteiger partial charge in [0.1, 0.15) is 0 Å². The molecule has 7 nitrogen and oxygen atoms in total. The Morgan fingerprint density at radius 2 is 1.90 bits per heavy atom. The van der Waals surface area contributed by atoms with Crippen LogP contribution in [-0.2, 0) is 19.7 Å². The second-order valence-corrected chi connectivity index (χ2v) is 8.36. The van der Waals surface area contributed by atoms with E-state index in [1.54, 1.807) is 12.1 Å². The van der Waals surface area contributed by atoms with Crippen LogP contribution in [0.4, 0.5) is 0 Å². The number of hydrogen-bond acceptors (Lipinski definition) is 6. The minimum Gasteiger partial charge on any atom is -0.493 e. The molecule has 1 aliphatic heterocycles. The Morgan fingerprint density at radius 3 is 2.48 bits per heavy atom. The monoisotopic (exact) mass is 442 g/mol. The van der Waals surface area contributed by atoms with Crippen molar-refractivity contribution in [2.75, 3.05) is 13.7 Å². The van der Waals surface area contributed by atoms with Gasteiger partial charge in [-0.25, -0.2) is 9.79 Å². The first-order chi connectivity index (χ1) is 14.6. The Labute approximate surface area is 185 Å². The molecular formula is C23H23ClN2O5. The molecule has 3 rings (SSSR count). The van der Waals surface area contributed by atoms with Crippen LogP contribution in [0.2, 0.25) is 5.02 Å². The fraction of sp³-hybridized carbons (Fsp3) is 0.261. The van der Waals surface area contributed by atoms with Crippen molar-refractivity contribution in [2.24, 2.45) is 10.7 Å². The normalized spacial score (nSPS) is 14.9. The third kappa shape index (κ3) is 5.24. The van der Waals surface area contributed by atoms with Gasteiger partial charge in [0.05, 0.1) is 12.1 Å². The van der Waals surface area contributed by atoms with Crippen LogP contribution in [0.3, 0.4) is 0 Å². The number of benzene rings is 2. The number of halogens is 1. The number of esters is 1. The fourth-order valence-corrected chi connectivity index (χ4v) is 3.18. The molecule has 0 spiro atoms. The SMILES string of the molecule is COc1cc(/C=C2\N=C(c3ccc(C(C)(C)C)cc3)OC2=O)cc(Cl)c1OCC(N)=O. The zero-order chi connectivity index (χ0) is 22.8. The van der Waals surface area contributed by atoms with Crippen LogP contribution in [-0.4, -0.2) is 31.5 Å². The van der Waals surface area contributed by atoms with E-state index in [4.69, 9.17) is 31.5 Å². The van der Waals surface area contributed by atoms with Crippen LogP contribution >= 0.6 is 11.6 Å². The minimum atomic E-state index is -0.643. The highest BCUT2D eigenvalue weighted by Gasteiger charge is 2.25. The zero-order valence-electron chi connectivity index (χ0n) is 17.7. The molecule has 1 amide bonds. The Kier molecular flexibility index (Phi) is 6.36. The van der Waals surface area contributed by atoms with Gasteiger partial charge in [-0.2, -0.15) is 0 Å². The molecule has 1 aliphatic rings. The number of rotatable bonds is 6. The summed E-state index contributed by atoms with van der Waals surface area (Å²) in [4.78, 5) is 27.6. The smallest absolute Gasteiger partial charge is 0.363 e.